The molecule has 0 aliphatic carbocycles. The Morgan fingerprint density at radius 2 is 2.27 bits per heavy atom. The number of hydrogen-bond acceptors (Lipinski definition) is 5. The highest BCUT2D eigenvalue weighted by Gasteiger charge is 2.20. The number of aromatic nitrogens is 3. The van der Waals surface area contributed by atoms with E-state index in [1.807, 2.05) is 13.0 Å². The van der Waals surface area contributed by atoms with E-state index in [1.54, 1.807) is 23.0 Å². The second kappa shape index (κ2) is 5.98. The number of pyridine rings is 1. The summed E-state index contributed by atoms with van der Waals surface area (Å²) in [6.07, 6.45) is 3.26. The van der Waals surface area contributed by atoms with E-state index in [9.17, 15) is 4.79 Å². The largest absolute Gasteiger partial charge is 0.352 e. The van der Waals surface area contributed by atoms with Gasteiger partial charge in [0.05, 0.1) is 11.3 Å². The highest BCUT2D eigenvalue weighted by Crippen LogP contribution is 2.20. The molecule has 2 aromatic rings. The summed E-state index contributed by atoms with van der Waals surface area (Å²) in [7, 11) is 0. The summed E-state index contributed by atoms with van der Waals surface area (Å²) in [5, 5.41) is 13.3. The number of fused-ring (bicyclic) bond motifs is 1. The van der Waals surface area contributed by atoms with Gasteiger partial charge in [-0.15, -0.1) is 0 Å². The third kappa shape index (κ3) is 2.70. The van der Waals surface area contributed by atoms with Gasteiger partial charge in [0.25, 0.3) is 5.56 Å². The second-order valence-electron chi connectivity index (χ2n) is 5.37. The summed E-state index contributed by atoms with van der Waals surface area (Å²) in [5.41, 5.74) is 2.47. The van der Waals surface area contributed by atoms with Gasteiger partial charge in [-0.1, -0.05) is 6.92 Å². The first-order valence-electron chi connectivity index (χ1n) is 7.42. The van der Waals surface area contributed by atoms with E-state index >= 15 is 0 Å². The fourth-order valence-corrected chi connectivity index (χ4v) is 2.65. The van der Waals surface area contributed by atoms with Crippen molar-refractivity contribution >= 4 is 5.82 Å². The first kappa shape index (κ1) is 14.3. The van der Waals surface area contributed by atoms with Crippen LogP contribution < -0.4 is 10.5 Å². The van der Waals surface area contributed by atoms with Crippen LogP contribution in [0.5, 0.6) is 0 Å². The van der Waals surface area contributed by atoms with Gasteiger partial charge in [-0.2, -0.15) is 10.4 Å². The molecule has 0 aromatic carbocycles. The van der Waals surface area contributed by atoms with Crippen molar-refractivity contribution in [2.24, 2.45) is 0 Å². The molecule has 0 amide bonds. The molecule has 0 radical (unpaired) electrons. The smallest absolute Gasteiger partial charge is 0.267 e. The molecule has 1 aliphatic rings. The van der Waals surface area contributed by atoms with Crippen LogP contribution in [-0.4, -0.2) is 21.3 Å². The molecule has 112 valence electrons. The predicted molar refractivity (Wildman–Crippen MR) is 82.5 cm³/mol. The lowest BCUT2D eigenvalue weighted by Gasteiger charge is -2.29. The third-order valence-corrected chi connectivity index (χ3v) is 3.78. The van der Waals surface area contributed by atoms with Crippen LogP contribution in [0.3, 0.4) is 0 Å². The van der Waals surface area contributed by atoms with Crippen molar-refractivity contribution in [3.8, 4) is 6.07 Å². The molecule has 3 rings (SSSR count). The zero-order chi connectivity index (χ0) is 15.5. The third-order valence-electron chi connectivity index (χ3n) is 3.78. The minimum Gasteiger partial charge on any atom is -0.352 e. The van der Waals surface area contributed by atoms with Crippen LogP contribution in [0.1, 0.15) is 30.2 Å². The fourth-order valence-electron chi connectivity index (χ4n) is 2.65. The minimum atomic E-state index is -0.0461. The summed E-state index contributed by atoms with van der Waals surface area (Å²) in [6, 6.07) is 7.35. The second-order valence-corrected chi connectivity index (χ2v) is 5.37. The van der Waals surface area contributed by atoms with E-state index in [2.05, 4.69) is 21.1 Å². The Balaban J connectivity index is 1.85. The van der Waals surface area contributed by atoms with Crippen molar-refractivity contribution in [2.75, 3.05) is 11.4 Å². The lowest BCUT2D eigenvalue weighted by atomic mass is 10.1. The summed E-state index contributed by atoms with van der Waals surface area (Å²) >= 11 is 0. The molecule has 3 heterocycles. The molecule has 1 aliphatic heterocycles. The number of aryl methyl sites for hydroxylation is 1. The van der Waals surface area contributed by atoms with Crippen LogP contribution in [-0.2, 0) is 19.5 Å². The zero-order valence-electron chi connectivity index (χ0n) is 12.5. The van der Waals surface area contributed by atoms with Crippen molar-refractivity contribution in [1.82, 2.24) is 14.8 Å². The Morgan fingerprint density at radius 1 is 1.41 bits per heavy atom. The van der Waals surface area contributed by atoms with Gasteiger partial charge in [0.15, 0.2) is 0 Å². The molecule has 0 bridgehead atoms. The first-order chi connectivity index (χ1) is 10.7. The highest BCUT2D eigenvalue weighted by molar-refractivity contribution is 5.44. The predicted octanol–water partition coefficient (Wildman–Crippen LogP) is 1.48. The maximum absolute atomic E-state index is 12.0. The molecule has 0 atom stereocenters. The molecule has 0 N–H and O–H groups in total. The maximum atomic E-state index is 12.0. The van der Waals surface area contributed by atoms with Crippen LogP contribution in [0, 0.1) is 11.3 Å². The van der Waals surface area contributed by atoms with Gasteiger partial charge in [0.1, 0.15) is 11.9 Å². The Kier molecular flexibility index (Phi) is 3.88. The van der Waals surface area contributed by atoms with Gasteiger partial charge in [0.2, 0.25) is 0 Å². The number of hydrogen-bond donors (Lipinski definition) is 0. The Morgan fingerprint density at radius 3 is 2.95 bits per heavy atom. The van der Waals surface area contributed by atoms with E-state index in [0.29, 0.717) is 18.7 Å². The van der Waals surface area contributed by atoms with E-state index in [-0.39, 0.29) is 5.56 Å². The van der Waals surface area contributed by atoms with Gasteiger partial charge in [-0.05, 0) is 18.6 Å². The summed E-state index contributed by atoms with van der Waals surface area (Å²) in [6.45, 7) is 4.13. The topological polar surface area (TPSA) is 74.8 Å². The normalized spacial score (nSPS) is 13.5. The lowest BCUT2D eigenvalue weighted by molar-refractivity contribution is 0.539. The van der Waals surface area contributed by atoms with Gasteiger partial charge >= 0.3 is 0 Å². The summed E-state index contributed by atoms with van der Waals surface area (Å²) in [4.78, 5) is 18.5. The molecule has 0 saturated carbocycles. The molecule has 0 unspecified atom stereocenters. The first-order valence-corrected chi connectivity index (χ1v) is 7.42. The average Bonchev–Trinajstić information content (AvgIpc) is 2.55. The highest BCUT2D eigenvalue weighted by atomic mass is 16.1. The van der Waals surface area contributed by atoms with Crippen molar-refractivity contribution in [2.45, 2.75) is 32.9 Å². The molecule has 22 heavy (non-hydrogen) atoms. The SMILES string of the molecule is CCCn1nc2c(cc1=O)CN(c1ccc(C#N)cn1)CC2. The number of rotatable bonds is 3. The molecule has 0 fully saturated rings. The molecule has 0 spiro atoms. The zero-order valence-corrected chi connectivity index (χ0v) is 12.5. The minimum absolute atomic E-state index is 0.0461. The average molecular weight is 295 g/mol. The van der Waals surface area contributed by atoms with E-state index < -0.39 is 0 Å². The molecular weight excluding hydrogens is 278 g/mol. The molecule has 2 aromatic heterocycles. The van der Waals surface area contributed by atoms with Crippen molar-refractivity contribution < 1.29 is 0 Å². The van der Waals surface area contributed by atoms with E-state index in [4.69, 9.17) is 5.26 Å². The Bertz CT molecular complexity index is 773. The standard InChI is InChI=1S/C16H17N5O/c1-2-6-21-16(22)8-13-11-20(7-5-14(13)19-21)15-4-3-12(9-17)10-18-15/h3-4,8,10H,2,5-7,11H2,1H3. The van der Waals surface area contributed by atoms with Gasteiger partial charge in [-0.3, -0.25) is 4.79 Å². The Labute approximate surface area is 128 Å². The van der Waals surface area contributed by atoms with Gasteiger partial charge in [-0.25, -0.2) is 9.67 Å². The Hall–Kier alpha value is -2.68. The van der Waals surface area contributed by atoms with Crippen LogP contribution >= 0.6 is 0 Å². The quantitative estimate of drug-likeness (QED) is 0.857. The number of nitrogens with zero attached hydrogens (tertiary/aromatic N) is 5. The maximum Gasteiger partial charge on any atom is 0.267 e. The van der Waals surface area contributed by atoms with Crippen LogP contribution in [0.15, 0.2) is 29.2 Å². The summed E-state index contributed by atoms with van der Waals surface area (Å²) < 4.78 is 1.55. The van der Waals surface area contributed by atoms with Crippen molar-refractivity contribution in [3.05, 3.63) is 51.6 Å². The van der Waals surface area contributed by atoms with Crippen LogP contribution in [0.25, 0.3) is 0 Å². The molecule has 6 nitrogen and oxygen atoms in total. The van der Waals surface area contributed by atoms with Crippen molar-refractivity contribution in [1.29, 1.82) is 5.26 Å². The van der Waals surface area contributed by atoms with Gasteiger partial charge < -0.3 is 4.90 Å². The molecular formula is C16H17N5O. The van der Waals surface area contributed by atoms with Crippen molar-refractivity contribution in [3.63, 3.8) is 0 Å². The number of nitriles is 1. The molecule has 6 heteroatoms. The fraction of sp³-hybridized carbons (Fsp3) is 0.375. The van der Waals surface area contributed by atoms with Crippen LogP contribution in [0.4, 0.5) is 5.82 Å². The van der Waals surface area contributed by atoms with Gasteiger partial charge in [0, 0.05) is 43.9 Å². The monoisotopic (exact) mass is 295 g/mol. The summed E-state index contributed by atoms with van der Waals surface area (Å²) in [5.74, 6) is 0.822. The molecule has 0 saturated heterocycles. The van der Waals surface area contributed by atoms with E-state index in [0.717, 1.165) is 36.5 Å². The lowest BCUT2D eigenvalue weighted by Crippen LogP contribution is -2.35. The van der Waals surface area contributed by atoms with E-state index in [1.165, 1.54) is 0 Å². The number of anilines is 1. The van der Waals surface area contributed by atoms with Crippen LogP contribution in [0.2, 0.25) is 0 Å².